The molecule has 0 saturated carbocycles. The standard InChI is InChI=1S/C14H18F4O/c1-5-7-9(3)11(13(15)16)19-12(14(17)18)10(4)8-6-2/h5-6,9-10H,1-2,7-8H2,3-4H3. The minimum Gasteiger partial charge on any atom is -0.454 e. The molecular formula is C14H18F4O. The number of halogens is 4. The highest BCUT2D eigenvalue weighted by atomic mass is 19.3. The third-order valence-electron chi connectivity index (χ3n) is 2.53. The van der Waals surface area contributed by atoms with E-state index in [1.165, 1.54) is 26.0 Å². The van der Waals surface area contributed by atoms with Gasteiger partial charge < -0.3 is 4.74 Å². The SMILES string of the molecule is C=CCC(C)C(OC(=C(F)F)C(C)CC=C)=C(F)F. The summed E-state index contributed by atoms with van der Waals surface area (Å²) in [6.45, 7) is 9.77. The molecule has 0 spiro atoms. The Morgan fingerprint density at radius 2 is 1.21 bits per heavy atom. The van der Waals surface area contributed by atoms with Crippen LogP contribution in [-0.2, 0) is 4.74 Å². The van der Waals surface area contributed by atoms with Gasteiger partial charge in [-0.15, -0.1) is 13.2 Å². The van der Waals surface area contributed by atoms with E-state index >= 15 is 0 Å². The van der Waals surface area contributed by atoms with Gasteiger partial charge in [-0.1, -0.05) is 26.0 Å². The fourth-order valence-electron chi connectivity index (χ4n) is 1.48. The third kappa shape index (κ3) is 5.77. The van der Waals surface area contributed by atoms with Gasteiger partial charge in [0.05, 0.1) is 0 Å². The second kappa shape index (κ2) is 8.56. The smallest absolute Gasteiger partial charge is 0.308 e. The lowest BCUT2D eigenvalue weighted by Gasteiger charge is -2.19. The van der Waals surface area contributed by atoms with Crippen molar-refractivity contribution in [1.29, 1.82) is 0 Å². The minimum atomic E-state index is -2.10. The van der Waals surface area contributed by atoms with Crippen LogP contribution in [0.15, 0.2) is 49.0 Å². The maximum Gasteiger partial charge on any atom is 0.308 e. The van der Waals surface area contributed by atoms with Gasteiger partial charge in [-0.3, -0.25) is 0 Å². The van der Waals surface area contributed by atoms with Crippen LogP contribution in [0, 0.1) is 11.8 Å². The molecule has 0 aromatic rings. The Morgan fingerprint density at radius 1 is 0.895 bits per heavy atom. The Bertz CT molecular complexity index is 341. The normalized spacial score (nSPS) is 13.2. The fourth-order valence-corrected chi connectivity index (χ4v) is 1.48. The number of ether oxygens (including phenoxy) is 1. The highest BCUT2D eigenvalue weighted by Gasteiger charge is 2.23. The lowest BCUT2D eigenvalue weighted by Crippen LogP contribution is -2.10. The summed E-state index contributed by atoms with van der Waals surface area (Å²) in [4.78, 5) is 0. The quantitative estimate of drug-likeness (QED) is 0.317. The van der Waals surface area contributed by atoms with E-state index in [9.17, 15) is 17.6 Å². The summed E-state index contributed by atoms with van der Waals surface area (Å²) in [6, 6.07) is 0. The summed E-state index contributed by atoms with van der Waals surface area (Å²) in [5.74, 6) is -2.90. The first-order chi connectivity index (χ1) is 8.84. The van der Waals surface area contributed by atoms with Crippen LogP contribution >= 0.6 is 0 Å². The van der Waals surface area contributed by atoms with Gasteiger partial charge in [0.15, 0.2) is 11.5 Å². The molecule has 0 fully saturated rings. The summed E-state index contributed by atoms with van der Waals surface area (Å²) in [7, 11) is 0. The zero-order valence-corrected chi connectivity index (χ0v) is 11.1. The van der Waals surface area contributed by atoms with E-state index in [1.807, 2.05) is 0 Å². The average molecular weight is 278 g/mol. The highest BCUT2D eigenvalue weighted by molar-refractivity contribution is 5.09. The van der Waals surface area contributed by atoms with Crippen LogP contribution < -0.4 is 0 Å². The predicted octanol–water partition coefficient (Wildman–Crippen LogP) is 5.64. The molecule has 2 atom stereocenters. The number of rotatable bonds is 8. The lowest BCUT2D eigenvalue weighted by atomic mass is 10.0. The third-order valence-corrected chi connectivity index (χ3v) is 2.53. The Balaban J connectivity index is 5.21. The van der Waals surface area contributed by atoms with E-state index in [4.69, 9.17) is 4.74 Å². The molecule has 0 aromatic carbocycles. The topological polar surface area (TPSA) is 9.23 Å². The molecule has 0 N–H and O–H groups in total. The number of hydrogen-bond donors (Lipinski definition) is 0. The van der Waals surface area contributed by atoms with Crippen LogP contribution in [0.5, 0.6) is 0 Å². The van der Waals surface area contributed by atoms with Gasteiger partial charge >= 0.3 is 12.2 Å². The second-order valence-corrected chi connectivity index (χ2v) is 4.20. The summed E-state index contributed by atoms with van der Waals surface area (Å²) >= 11 is 0. The molecule has 1 nitrogen and oxygen atoms in total. The van der Waals surface area contributed by atoms with Crippen molar-refractivity contribution in [3.8, 4) is 0 Å². The first-order valence-corrected chi connectivity index (χ1v) is 5.85. The van der Waals surface area contributed by atoms with Gasteiger partial charge in [-0.05, 0) is 12.8 Å². The maximum atomic E-state index is 12.8. The van der Waals surface area contributed by atoms with Crippen molar-refractivity contribution in [2.75, 3.05) is 0 Å². The molecule has 0 amide bonds. The van der Waals surface area contributed by atoms with E-state index in [0.29, 0.717) is 0 Å². The Hall–Kier alpha value is -1.52. The van der Waals surface area contributed by atoms with Gasteiger partial charge in [-0.25, -0.2) is 0 Å². The van der Waals surface area contributed by atoms with E-state index < -0.39 is 35.5 Å². The molecule has 0 radical (unpaired) electrons. The van der Waals surface area contributed by atoms with E-state index in [0.717, 1.165) is 0 Å². The molecule has 0 saturated heterocycles. The average Bonchev–Trinajstić information content (AvgIpc) is 2.29. The molecule has 0 aliphatic carbocycles. The number of allylic oxidation sites excluding steroid dienone is 4. The first-order valence-electron chi connectivity index (χ1n) is 5.85. The Kier molecular flexibility index (Phi) is 7.87. The Labute approximate surface area is 111 Å². The van der Waals surface area contributed by atoms with E-state index in [1.54, 1.807) is 0 Å². The van der Waals surface area contributed by atoms with Crippen molar-refractivity contribution in [2.45, 2.75) is 26.7 Å². The molecule has 19 heavy (non-hydrogen) atoms. The van der Waals surface area contributed by atoms with Gasteiger partial charge in [0, 0.05) is 11.8 Å². The van der Waals surface area contributed by atoms with Gasteiger partial charge in [-0.2, -0.15) is 17.6 Å². The maximum absolute atomic E-state index is 12.8. The molecule has 0 heterocycles. The molecule has 108 valence electrons. The summed E-state index contributed by atoms with van der Waals surface area (Å²) in [6.07, 6.45) is -0.913. The van der Waals surface area contributed by atoms with Crippen LogP contribution in [0.2, 0.25) is 0 Å². The molecule has 0 aliphatic heterocycles. The van der Waals surface area contributed by atoms with Gasteiger partial charge in [0.25, 0.3) is 0 Å². The Morgan fingerprint density at radius 3 is 1.42 bits per heavy atom. The zero-order valence-electron chi connectivity index (χ0n) is 11.1. The largest absolute Gasteiger partial charge is 0.454 e. The van der Waals surface area contributed by atoms with Crippen LogP contribution in [0.4, 0.5) is 17.6 Å². The second-order valence-electron chi connectivity index (χ2n) is 4.20. The van der Waals surface area contributed by atoms with Crippen molar-refractivity contribution < 1.29 is 22.3 Å². The van der Waals surface area contributed by atoms with Crippen molar-refractivity contribution in [3.05, 3.63) is 49.0 Å². The van der Waals surface area contributed by atoms with Crippen molar-refractivity contribution in [3.63, 3.8) is 0 Å². The monoisotopic (exact) mass is 278 g/mol. The lowest BCUT2D eigenvalue weighted by molar-refractivity contribution is 0.170. The molecule has 0 aliphatic rings. The fraction of sp³-hybridized carbons (Fsp3) is 0.429. The van der Waals surface area contributed by atoms with Crippen molar-refractivity contribution >= 4 is 0 Å². The zero-order chi connectivity index (χ0) is 15.0. The first kappa shape index (κ1) is 17.5. The summed E-state index contributed by atoms with van der Waals surface area (Å²) in [5, 5.41) is 0. The molecule has 2 unspecified atom stereocenters. The molecule has 0 aromatic heterocycles. The molecule has 5 heteroatoms. The van der Waals surface area contributed by atoms with Crippen LogP contribution in [0.3, 0.4) is 0 Å². The van der Waals surface area contributed by atoms with Crippen LogP contribution in [-0.4, -0.2) is 0 Å². The summed E-state index contributed by atoms with van der Waals surface area (Å²) in [5.41, 5.74) is 0. The molecule has 0 rings (SSSR count). The summed E-state index contributed by atoms with van der Waals surface area (Å²) < 4.78 is 55.9. The van der Waals surface area contributed by atoms with Gasteiger partial charge in [0.2, 0.25) is 0 Å². The predicted molar refractivity (Wildman–Crippen MR) is 67.5 cm³/mol. The van der Waals surface area contributed by atoms with Gasteiger partial charge in [0.1, 0.15) is 0 Å². The van der Waals surface area contributed by atoms with E-state index in [2.05, 4.69) is 13.2 Å². The molecular weight excluding hydrogens is 260 g/mol. The minimum absolute atomic E-state index is 0.212. The highest BCUT2D eigenvalue weighted by Crippen LogP contribution is 2.30. The molecule has 0 bridgehead atoms. The number of hydrogen-bond acceptors (Lipinski definition) is 1. The van der Waals surface area contributed by atoms with Crippen molar-refractivity contribution in [1.82, 2.24) is 0 Å². The van der Waals surface area contributed by atoms with E-state index in [-0.39, 0.29) is 12.8 Å². The van der Waals surface area contributed by atoms with Crippen LogP contribution in [0.1, 0.15) is 26.7 Å². The van der Waals surface area contributed by atoms with Crippen LogP contribution in [0.25, 0.3) is 0 Å². The van der Waals surface area contributed by atoms with Crippen molar-refractivity contribution in [2.24, 2.45) is 11.8 Å².